The maximum Gasteiger partial charge on any atom is 0.0900 e. The molecule has 0 spiro atoms. The van der Waals surface area contributed by atoms with Gasteiger partial charge in [-0.1, -0.05) is 0 Å². The van der Waals surface area contributed by atoms with Gasteiger partial charge in [-0.25, -0.2) is 4.98 Å². The van der Waals surface area contributed by atoms with Gasteiger partial charge in [0.2, 0.25) is 0 Å². The summed E-state index contributed by atoms with van der Waals surface area (Å²) in [4.78, 5) is 5.88. The van der Waals surface area contributed by atoms with Gasteiger partial charge in [-0.2, -0.15) is 0 Å². The Morgan fingerprint density at radius 3 is 2.88 bits per heavy atom. The van der Waals surface area contributed by atoms with Crippen molar-refractivity contribution in [1.29, 1.82) is 0 Å². The highest BCUT2D eigenvalue weighted by atomic mass is 32.1. The fourth-order valence-corrected chi connectivity index (χ4v) is 3.39. The number of nitrogens with one attached hydrogen (secondary N) is 1. The Balaban J connectivity index is 1.95. The van der Waals surface area contributed by atoms with Crippen LogP contribution >= 0.6 is 11.3 Å². The summed E-state index contributed by atoms with van der Waals surface area (Å²) in [5, 5.41) is 4.88. The standard InChI is InChI=1S/C13H22N2OS/c1-9-13(17-11(3)14-9)10(2)15-12-5-4-7-16-8-6-12/h10,12,15H,4-8H2,1-3H3. The number of nitrogens with zero attached hydrogens (tertiary/aromatic N) is 1. The smallest absolute Gasteiger partial charge is 0.0900 e. The van der Waals surface area contributed by atoms with Gasteiger partial charge in [0.15, 0.2) is 0 Å². The average Bonchev–Trinajstić information content (AvgIpc) is 2.51. The van der Waals surface area contributed by atoms with Crippen molar-refractivity contribution in [2.75, 3.05) is 13.2 Å². The molecule has 17 heavy (non-hydrogen) atoms. The maximum absolute atomic E-state index is 5.49. The molecule has 0 amide bonds. The molecule has 96 valence electrons. The van der Waals surface area contributed by atoms with Crippen molar-refractivity contribution in [3.8, 4) is 0 Å². The number of hydrogen-bond acceptors (Lipinski definition) is 4. The van der Waals surface area contributed by atoms with Gasteiger partial charge in [0, 0.05) is 30.2 Å². The van der Waals surface area contributed by atoms with E-state index in [0.717, 1.165) is 24.6 Å². The lowest BCUT2D eigenvalue weighted by molar-refractivity contribution is 0.142. The number of rotatable bonds is 3. The van der Waals surface area contributed by atoms with Crippen LogP contribution in [0.5, 0.6) is 0 Å². The molecular formula is C13H22N2OS. The largest absolute Gasteiger partial charge is 0.381 e. The third-order valence-corrected chi connectivity index (χ3v) is 4.53. The van der Waals surface area contributed by atoms with Gasteiger partial charge in [-0.15, -0.1) is 11.3 Å². The zero-order valence-electron chi connectivity index (χ0n) is 11.0. The molecule has 0 radical (unpaired) electrons. The lowest BCUT2D eigenvalue weighted by Gasteiger charge is -2.21. The molecule has 1 N–H and O–H groups in total. The number of aryl methyl sites for hydroxylation is 2. The summed E-state index contributed by atoms with van der Waals surface area (Å²) in [6, 6.07) is 0.999. The molecule has 0 bridgehead atoms. The SMILES string of the molecule is Cc1nc(C)c(C(C)NC2CCCOCC2)s1. The van der Waals surface area contributed by atoms with Crippen molar-refractivity contribution >= 4 is 11.3 Å². The van der Waals surface area contributed by atoms with E-state index in [4.69, 9.17) is 4.74 Å². The minimum Gasteiger partial charge on any atom is -0.381 e. The van der Waals surface area contributed by atoms with E-state index in [1.165, 1.54) is 23.4 Å². The Kier molecular flexibility index (Phi) is 4.54. The first-order valence-corrected chi connectivity index (χ1v) is 7.26. The summed E-state index contributed by atoms with van der Waals surface area (Å²) in [6.45, 7) is 8.24. The summed E-state index contributed by atoms with van der Waals surface area (Å²) in [5.41, 5.74) is 1.18. The summed E-state index contributed by atoms with van der Waals surface area (Å²) in [5.74, 6) is 0. The lowest BCUT2D eigenvalue weighted by atomic mass is 10.1. The molecule has 4 heteroatoms. The van der Waals surface area contributed by atoms with Crippen LogP contribution < -0.4 is 5.32 Å². The molecule has 2 rings (SSSR count). The molecule has 1 aromatic rings. The van der Waals surface area contributed by atoms with E-state index in [0.29, 0.717) is 12.1 Å². The molecule has 1 aliphatic rings. The lowest BCUT2D eigenvalue weighted by Crippen LogP contribution is -2.31. The first-order chi connectivity index (χ1) is 8.16. The molecule has 2 heterocycles. The van der Waals surface area contributed by atoms with E-state index >= 15 is 0 Å². The third kappa shape index (κ3) is 3.50. The highest BCUT2D eigenvalue weighted by molar-refractivity contribution is 7.11. The van der Waals surface area contributed by atoms with Crippen LogP contribution in [0.25, 0.3) is 0 Å². The van der Waals surface area contributed by atoms with Gasteiger partial charge < -0.3 is 10.1 Å². The second kappa shape index (κ2) is 5.94. The van der Waals surface area contributed by atoms with Gasteiger partial charge in [0.1, 0.15) is 0 Å². The fourth-order valence-electron chi connectivity index (χ4n) is 2.45. The minimum absolute atomic E-state index is 0.407. The van der Waals surface area contributed by atoms with Crippen LogP contribution in [0.2, 0.25) is 0 Å². The molecule has 0 aliphatic carbocycles. The predicted octanol–water partition coefficient (Wildman–Crippen LogP) is 2.98. The molecule has 0 aromatic carbocycles. The summed E-state index contributed by atoms with van der Waals surface area (Å²) in [6.07, 6.45) is 3.52. The van der Waals surface area contributed by atoms with Crippen molar-refractivity contribution in [2.24, 2.45) is 0 Å². The first kappa shape index (κ1) is 13.0. The van der Waals surface area contributed by atoms with Gasteiger partial charge in [0.05, 0.1) is 10.7 Å². The van der Waals surface area contributed by atoms with Crippen molar-refractivity contribution in [3.05, 3.63) is 15.6 Å². The monoisotopic (exact) mass is 254 g/mol. The van der Waals surface area contributed by atoms with E-state index < -0.39 is 0 Å². The average molecular weight is 254 g/mol. The maximum atomic E-state index is 5.49. The van der Waals surface area contributed by atoms with Crippen LogP contribution in [0.1, 0.15) is 47.8 Å². The van der Waals surface area contributed by atoms with Gasteiger partial charge in [-0.05, 0) is 40.0 Å². The van der Waals surface area contributed by atoms with E-state index in [2.05, 4.69) is 31.1 Å². The predicted molar refractivity (Wildman–Crippen MR) is 71.6 cm³/mol. The Morgan fingerprint density at radius 1 is 1.35 bits per heavy atom. The molecule has 1 aromatic heterocycles. The normalized spacial score (nSPS) is 23.4. The quantitative estimate of drug-likeness (QED) is 0.900. The zero-order chi connectivity index (χ0) is 12.3. The van der Waals surface area contributed by atoms with E-state index in [9.17, 15) is 0 Å². The molecule has 1 aliphatic heterocycles. The number of aromatic nitrogens is 1. The number of thiazole rings is 1. The Hall–Kier alpha value is -0.450. The third-order valence-electron chi connectivity index (χ3n) is 3.27. The first-order valence-electron chi connectivity index (χ1n) is 6.44. The number of ether oxygens (including phenoxy) is 1. The second-order valence-electron chi connectivity index (χ2n) is 4.81. The van der Waals surface area contributed by atoms with Crippen LogP contribution in [-0.4, -0.2) is 24.2 Å². The molecule has 1 fully saturated rings. The van der Waals surface area contributed by atoms with Crippen molar-refractivity contribution < 1.29 is 4.74 Å². The Bertz CT molecular complexity index is 356. The molecule has 3 nitrogen and oxygen atoms in total. The Labute approximate surface area is 108 Å². The summed E-state index contributed by atoms with van der Waals surface area (Å²) >= 11 is 1.81. The highest BCUT2D eigenvalue weighted by Gasteiger charge is 2.18. The van der Waals surface area contributed by atoms with Crippen LogP contribution in [0.4, 0.5) is 0 Å². The molecule has 0 saturated carbocycles. The van der Waals surface area contributed by atoms with Crippen LogP contribution in [0.3, 0.4) is 0 Å². The summed E-state index contributed by atoms with van der Waals surface area (Å²) in [7, 11) is 0. The second-order valence-corrected chi connectivity index (χ2v) is 6.05. The minimum atomic E-state index is 0.407. The molecule has 1 saturated heterocycles. The topological polar surface area (TPSA) is 34.2 Å². The Morgan fingerprint density at radius 2 is 2.18 bits per heavy atom. The van der Waals surface area contributed by atoms with E-state index in [1.807, 2.05) is 11.3 Å². The number of hydrogen-bond donors (Lipinski definition) is 1. The molecule has 2 atom stereocenters. The van der Waals surface area contributed by atoms with Crippen molar-refractivity contribution in [3.63, 3.8) is 0 Å². The van der Waals surface area contributed by atoms with Crippen LogP contribution in [0, 0.1) is 13.8 Å². The highest BCUT2D eigenvalue weighted by Crippen LogP contribution is 2.25. The molecular weight excluding hydrogens is 232 g/mol. The van der Waals surface area contributed by atoms with Gasteiger partial charge >= 0.3 is 0 Å². The zero-order valence-corrected chi connectivity index (χ0v) is 11.8. The van der Waals surface area contributed by atoms with Crippen molar-refractivity contribution in [1.82, 2.24) is 10.3 Å². The van der Waals surface area contributed by atoms with Gasteiger partial charge in [-0.3, -0.25) is 0 Å². The van der Waals surface area contributed by atoms with Gasteiger partial charge in [0.25, 0.3) is 0 Å². The van der Waals surface area contributed by atoms with E-state index in [1.54, 1.807) is 0 Å². The van der Waals surface area contributed by atoms with Crippen molar-refractivity contribution in [2.45, 2.75) is 52.1 Å². The van der Waals surface area contributed by atoms with Crippen LogP contribution in [-0.2, 0) is 4.74 Å². The summed E-state index contributed by atoms with van der Waals surface area (Å²) < 4.78 is 5.49. The van der Waals surface area contributed by atoms with E-state index in [-0.39, 0.29) is 0 Å². The van der Waals surface area contributed by atoms with Crippen LogP contribution in [0.15, 0.2) is 0 Å². The fraction of sp³-hybridized carbons (Fsp3) is 0.769. The molecule has 2 unspecified atom stereocenters.